The van der Waals surface area contributed by atoms with Gasteiger partial charge in [-0.3, -0.25) is 4.79 Å². The van der Waals surface area contributed by atoms with Gasteiger partial charge in [0.1, 0.15) is 11.4 Å². The van der Waals surface area contributed by atoms with Crippen LogP contribution in [-0.4, -0.2) is 39.6 Å². The molecule has 0 bridgehead atoms. The van der Waals surface area contributed by atoms with Crippen LogP contribution in [0.15, 0.2) is 33.8 Å². The smallest absolute Gasteiger partial charge is 0.296 e. The van der Waals surface area contributed by atoms with E-state index >= 15 is 0 Å². The van der Waals surface area contributed by atoms with Crippen molar-refractivity contribution in [1.29, 1.82) is 0 Å². The number of hydrogen-bond acceptors (Lipinski definition) is 8. The molecule has 0 aromatic carbocycles. The number of nitrogens with zero attached hydrogens (tertiary/aromatic N) is 5. The van der Waals surface area contributed by atoms with E-state index in [1.54, 1.807) is 12.4 Å². The largest absolute Gasteiger partial charge is 0.435 e. The van der Waals surface area contributed by atoms with Crippen molar-refractivity contribution >= 4 is 5.69 Å². The van der Waals surface area contributed by atoms with Crippen molar-refractivity contribution in [3.05, 3.63) is 46.3 Å². The molecule has 2 aliphatic heterocycles. The monoisotopic (exact) mass is 437 g/mol. The summed E-state index contributed by atoms with van der Waals surface area (Å²) >= 11 is 0. The van der Waals surface area contributed by atoms with Crippen LogP contribution in [0.5, 0.6) is 11.6 Å². The van der Waals surface area contributed by atoms with Crippen molar-refractivity contribution in [2.24, 2.45) is 0 Å². The van der Waals surface area contributed by atoms with Crippen LogP contribution < -0.4 is 15.2 Å². The Morgan fingerprint density at radius 2 is 2.00 bits per heavy atom. The van der Waals surface area contributed by atoms with Crippen LogP contribution in [0.25, 0.3) is 11.1 Å². The van der Waals surface area contributed by atoms with Gasteiger partial charge in [0, 0.05) is 37.5 Å². The van der Waals surface area contributed by atoms with Crippen molar-refractivity contribution in [3.8, 4) is 22.8 Å². The zero-order chi connectivity index (χ0) is 22.1. The normalized spacial score (nSPS) is 18.8. The van der Waals surface area contributed by atoms with E-state index in [1.807, 2.05) is 26.0 Å². The van der Waals surface area contributed by atoms with E-state index in [0.717, 1.165) is 67.8 Å². The molecule has 2 fully saturated rings. The number of hydrogen-bond donors (Lipinski definition) is 0. The van der Waals surface area contributed by atoms with Crippen molar-refractivity contribution in [1.82, 2.24) is 19.9 Å². The quantitative estimate of drug-likeness (QED) is 0.591. The maximum Gasteiger partial charge on any atom is 0.296 e. The van der Waals surface area contributed by atoms with Gasteiger partial charge in [0.25, 0.3) is 5.56 Å². The standard InChI is InChI=1S/C23H27N5O4/c1-15-21(16(2)32-26-15)17-8-9-24-19(13-17)31-18-14-25-28(20-7-3-6-12-30-20)23(29)22(18)27-10-4-5-11-27/h8-9,13-14,20H,3-7,10-12H2,1-2H3. The number of aromatic nitrogens is 4. The third kappa shape index (κ3) is 3.88. The number of rotatable bonds is 5. The summed E-state index contributed by atoms with van der Waals surface area (Å²) in [4.78, 5) is 19.9. The lowest BCUT2D eigenvalue weighted by atomic mass is 10.1. The predicted octanol–water partition coefficient (Wildman–Crippen LogP) is 4.00. The van der Waals surface area contributed by atoms with Gasteiger partial charge in [0.05, 0.1) is 11.9 Å². The van der Waals surface area contributed by atoms with E-state index in [1.165, 1.54) is 4.68 Å². The fourth-order valence-corrected chi connectivity index (χ4v) is 4.50. The summed E-state index contributed by atoms with van der Waals surface area (Å²) in [5, 5.41) is 8.43. The molecule has 0 N–H and O–H groups in total. The van der Waals surface area contributed by atoms with Crippen LogP contribution in [0, 0.1) is 13.8 Å². The van der Waals surface area contributed by atoms with Crippen molar-refractivity contribution in [3.63, 3.8) is 0 Å². The summed E-state index contributed by atoms with van der Waals surface area (Å²) in [7, 11) is 0. The molecular weight excluding hydrogens is 410 g/mol. The molecule has 168 valence electrons. The first-order chi connectivity index (χ1) is 15.6. The first-order valence-corrected chi connectivity index (χ1v) is 11.2. The number of anilines is 1. The molecule has 2 aliphatic rings. The molecule has 0 amide bonds. The van der Waals surface area contributed by atoms with Gasteiger partial charge in [-0.2, -0.15) is 9.78 Å². The SMILES string of the molecule is Cc1noc(C)c1-c1ccnc(Oc2cnn(C3CCCCO3)c(=O)c2N2CCCC2)c1. The molecule has 0 aliphatic carbocycles. The summed E-state index contributed by atoms with van der Waals surface area (Å²) < 4.78 is 18.7. The van der Waals surface area contributed by atoms with Gasteiger partial charge in [0.2, 0.25) is 5.88 Å². The van der Waals surface area contributed by atoms with Gasteiger partial charge in [-0.15, -0.1) is 0 Å². The lowest BCUT2D eigenvalue weighted by Crippen LogP contribution is -2.35. The van der Waals surface area contributed by atoms with E-state index in [9.17, 15) is 4.79 Å². The van der Waals surface area contributed by atoms with E-state index in [0.29, 0.717) is 23.9 Å². The molecule has 3 aromatic heterocycles. The molecule has 0 spiro atoms. The maximum atomic E-state index is 13.5. The van der Waals surface area contributed by atoms with Crippen LogP contribution in [0.1, 0.15) is 49.8 Å². The molecule has 1 unspecified atom stereocenters. The highest BCUT2D eigenvalue weighted by Crippen LogP contribution is 2.34. The van der Waals surface area contributed by atoms with Crippen molar-refractivity contribution in [2.75, 3.05) is 24.6 Å². The van der Waals surface area contributed by atoms with Crippen LogP contribution in [0.2, 0.25) is 0 Å². The molecule has 5 rings (SSSR count). The number of aryl methyl sites for hydroxylation is 2. The summed E-state index contributed by atoms with van der Waals surface area (Å²) in [6.45, 7) is 6.05. The summed E-state index contributed by atoms with van der Waals surface area (Å²) in [5.41, 5.74) is 2.95. The lowest BCUT2D eigenvalue weighted by Gasteiger charge is -2.26. The van der Waals surface area contributed by atoms with Gasteiger partial charge >= 0.3 is 0 Å². The molecule has 0 saturated carbocycles. The molecule has 0 radical (unpaired) electrons. The average molecular weight is 438 g/mol. The zero-order valence-electron chi connectivity index (χ0n) is 18.4. The Labute approximate surface area is 185 Å². The first-order valence-electron chi connectivity index (χ1n) is 11.2. The number of ether oxygens (including phenoxy) is 2. The fraction of sp³-hybridized carbons (Fsp3) is 0.478. The highest BCUT2D eigenvalue weighted by molar-refractivity contribution is 5.68. The molecule has 2 saturated heterocycles. The van der Waals surface area contributed by atoms with Crippen LogP contribution in [-0.2, 0) is 4.74 Å². The van der Waals surface area contributed by atoms with Crippen LogP contribution >= 0.6 is 0 Å². The molecular formula is C23H27N5O4. The maximum absolute atomic E-state index is 13.5. The van der Waals surface area contributed by atoms with Gasteiger partial charge in [-0.25, -0.2) is 4.98 Å². The van der Waals surface area contributed by atoms with Gasteiger partial charge < -0.3 is 18.9 Å². The third-order valence-electron chi connectivity index (χ3n) is 6.07. The second-order valence-electron chi connectivity index (χ2n) is 8.31. The minimum Gasteiger partial charge on any atom is -0.435 e. The highest BCUT2D eigenvalue weighted by atomic mass is 16.5. The number of pyridine rings is 1. The van der Waals surface area contributed by atoms with Crippen LogP contribution in [0.3, 0.4) is 0 Å². The second kappa shape index (κ2) is 8.74. The minimum absolute atomic E-state index is 0.182. The van der Waals surface area contributed by atoms with Gasteiger partial charge in [-0.1, -0.05) is 5.16 Å². The Balaban J connectivity index is 1.51. The Morgan fingerprint density at radius 3 is 2.72 bits per heavy atom. The van der Waals surface area contributed by atoms with Crippen LogP contribution in [0.4, 0.5) is 5.69 Å². The highest BCUT2D eigenvalue weighted by Gasteiger charge is 2.27. The van der Waals surface area contributed by atoms with E-state index in [2.05, 4.69) is 20.1 Å². The molecule has 5 heterocycles. The predicted molar refractivity (Wildman–Crippen MR) is 118 cm³/mol. The van der Waals surface area contributed by atoms with Gasteiger partial charge in [-0.05, 0) is 57.6 Å². The summed E-state index contributed by atoms with van der Waals surface area (Å²) in [5.74, 6) is 1.53. The Bertz CT molecular complexity index is 1140. The molecule has 1 atom stereocenters. The van der Waals surface area contributed by atoms with Crippen molar-refractivity contribution < 1.29 is 14.0 Å². The Hall–Kier alpha value is -3.20. The molecule has 3 aromatic rings. The molecule has 9 nitrogen and oxygen atoms in total. The van der Waals surface area contributed by atoms with E-state index < -0.39 is 0 Å². The minimum atomic E-state index is -0.326. The summed E-state index contributed by atoms with van der Waals surface area (Å²) in [6.07, 6.45) is 7.86. The Kier molecular flexibility index (Phi) is 5.65. The zero-order valence-corrected chi connectivity index (χ0v) is 18.4. The summed E-state index contributed by atoms with van der Waals surface area (Å²) in [6, 6.07) is 3.72. The first kappa shape index (κ1) is 20.7. The molecule has 9 heteroatoms. The Morgan fingerprint density at radius 1 is 1.16 bits per heavy atom. The lowest BCUT2D eigenvalue weighted by molar-refractivity contribution is -0.0424. The third-order valence-corrected chi connectivity index (χ3v) is 6.07. The van der Waals surface area contributed by atoms with Gasteiger partial charge in [0.15, 0.2) is 12.0 Å². The van der Waals surface area contributed by atoms with E-state index in [-0.39, 0.29) is 11.8 Å². The van der Waals surface area contributed by atoms with E-state index in [4.69, 9.17) is 14.0 Å². The fourth-order valence-electron chi connectivity index (χ4n) is 4.50. The molecule has 32 heavy (non-hydrogen) atoms. The second-order valence-corrected chi connectivity index (χ2v) is 8.31. The topological polar surface area (TPSA) is 95.5 Å². The van der Waals surface area contributed by atoms with Crippen molar-refractivity contribution in [2.45, 2.75) is 52.2 Å². The average Bonchev–Trinajstić information content (AvgIpc) is 3.44.